The van der Waals surface area contributed by atoms with Crippen molar-refractivity contribution in [3.05, 3.63) is 53.3 Å². The second-order valence-corrected chi connectivity index (χ2v) is 9.13. The highest BCUT2D eigenvalue weighted by Gasteiger charge is 2.32. The molecule has 0 radical (unpaired) electrons. The Hall–Kier alpha value is -3.00. The molecule has 4 rings (SSSR count). The van der Waals surface area contributed by atoms with Gasteiger partial charge in [-0.1, -0.05) is 35.0 Å². The first-order valence-electron chi connectivity index (χ1n) is 11.8. The first-order valence-corrected chi connectivity index (χ1v) is 11.8. The summed E-state index contributed by atoms with van der Waals surface area (Å²) < 4.78 is 0. The van der Waals surface area contributed by atoms with Crippen LogP contribution in [0.4, 0.5) is 5.95 Å². The van der Waals surface area contributed by atoms with Crippen molar-refractivity contribution in [3.8, 4) is 0 Å². The maximum Gasteiger partial charge on any atom is 0.225 e. The van der Waals surface area contributed by atoms with Crippen LogP contribution in [0.25, 0.3) is 0 Å². The monoisotopic (exact) mass is 450 g/mol. The number of carbonyl (C=O) groups excluding carboxylic acids is 1. The molecule has 0 saturated carbocycles. The van der Waals surface area contributed by atoms with Gasteiger partial charge in [0.25, 0.3) is 0 Å². The van der Waals surface area contributed by atoms with E-state index in [9.17, 15) is 4.79 Å². The summed E-state index contributed by atoms with van der Waals surface area (Å²) in [6.07, 6.45) is 7.18. The largest absolute Gasteiger partial charge is 0.399 e. The van der Waals surface area contributed by atoms with Crippen molar-refractivity contribution in [1.82, 2.24) is 19.8 Å². The molecule has 176 valence electrons. The molecule has 2 fully saturated rings. The van der Waals surface area contributed by atoms with Gasteiger partial charge in [-0.25, -0.2) is 9.97 Å². The maximum absolute atomic E-state index is 13.2. The number of rotatable bonds is 6. The molecule has 33 heavy (non-hydrogen) atoms. The smallest absolute Gasteiger partial charge is 0.225 e. The van der Waals surface area contributed by atoms with Crippen molar-refractivity contribution in [3.63, 3.8) is 0 Å². The molecular weight excluding hydrogens is 416 g/mol. The highest BCUT2D eigenvalue weighted by molar-refractivity contribution is 6.02. The molecule has 2 aromatic rings. The van der Waals surface area contributed by atoms with Gasteiger partial charge in [-0.3, -0.25) is 9.69 Å². The van der Waals surface area contributed by atoms with Crippen LogP contribution in [0, 0.1) is 18.8 Å². The fraction of sp³-hybridized carbons (Fsp3) is 0.520. The van der Waals surface area contributed by atoms with Crippen LogP contribution in [-0.4, -0.2) is 64.7 Å². The standard InChI is InChI=1S/C25H34N6O2/c1-18-4-3-5-22(14-18)23(29-33-2)20-8-12-31(13-9-20)24(32)21-6-10-30(11-7-21)17-19-15-27-25(26)28-16-19/h3-5,14-16,20-21H,6-13,17H2,1-2H3,(H2,26,27,28). The predicted molar refractivity (Wildman–Crippen MR) is 128 cm³/mol. The number of piperidine rings is 2. The van der Waals surface area contributed by atoms with Gasteiger partial charge >= 0.3 is 0 Å². The van der Waals surface area contributed by atoms with Crippen LogP contribution < -0.4 is 5.73 Å². The number of hydrogen-bond donors (Lipinski definition) is 1. The summed E-state index contributed by atoms with van der Waals surface area (Å²) in [6.45, 7) is 6.27. The van der Waals surface area contributed by atoms with Crippen molar-refractivity contribution < 1.29 is 9.63 Å². The summed E-state index contributed by atoms with van der Waals surface area (Å²) in [4.78, 5) is 30.9. The molecule has 8 nitrogen and oxygen atoms in total. The number of nitrogen functional groups attached to an aromatic ring is 1. The summed E-state index contributed by atoms with van der Waals surface area (Å²) in [6, 6.07) is 8.39. The number of benzene rings is 1. The Morgan fingerprint density at radius 1 is 1.09 bits per heavy atom. The summed E-state index contributed by atoms with van der Waals surface area (Å²) in [5.74, 6) is 1.03. The van der Waals surface area contributed by atoms with E-state index in [2.05, 4.69) is 56.1 Å². The number of amides is 1. The SMILES string of the molecule is CON=C(c1cccc(C)c1)C1CCN(C(=O)C2CCN(Cc3cnc(N)nc3)CC2)CC1. The highest BCUT2D eigenvalue weighted by Crippen LogP contribution is 2.27. The van der Waals surface area contributed by atoms with Crippen LogP contribution in [0.3, 0.4) is 0 Å². The lowest BCUT2D eigenvalue weighted by atomic mass is 9.86. The molecule has 0 spiro atoms. The number of hydrogen-bond acceptors (Lipinski definition) is 7. The van der Waals surface area contributed by atoms with Crippen LogP contribution >= 0.6 is 0 Å². The summed E-state index contributed by atoms with van der Waals surface area (Å²) in [5.41, 5.74) is 9.93. The fourth-order valence-corrected chi connectivity index (χ4v) is 4.94. The fourth-order valence-electron chi connectivity index (χ4n) is 4.94. The van der Waals surface area contributed by atoms with Gasteiger partial charge in [0.1, 0.15) is 7.11 Å². The summed E-state index contributed by atoms with van der Waals surface area (Å²) in [5, 5.41) is 4.36. The third-order valence-electron chi connectivity index (χ3n) is 6.77. The van der Waals surface area contributed by atoms with E-state index in [-0.39, 0.29) is 5.92 Å². The van der Waals surface area contributed by atoms with Gasteiger partial charge in [-0.05, 0) is 51.3 Å². The summed E-state index contributed by atoms with van der Waals surface area (Å²) in [7, 11) is 1.60. The minimum Gasteiger partial charge on any atom is -0.399 e. The number of carbonyl (C=O) groups is 1. The number of likely N-dealkylation sites (tertiary alicyclic amines) is 2. The first kappa shape index (κ1) is 23.2. The van der Waals surface area contributed by atoms with Crippen molar-refractivity contribution in [2.75, 3.05) is 39.0 Å². The predicted octanol–water partition coefficient (Wildman–Crippen LogP) is 2.87. The number of anilines is 1. The molecule has 3 heterocycles. The average molecular weight is 451 g/mol. The van der Waals surface area contributed by atoms with E-state index in [1.165, 1.54) is 5.56 Å². The lowest BCUT2D eigenvalue weighted by Gasteiger charge is -2.37. The second-order valence-electron chi connectivity index (χ2n) is 9.13. The molecule has 1 amide bonds. The quantitative estimate of drug-likeness (QED) is 0.537. The molecular formula is C25H34N6O2. The Balaban J connectivity index is 1.28. The van der Waals surface area contributed by atoms with E-state index in [1.807, 2.05) is 0 Å². The van der Waals surface area contributed by atoms with Crippen molar-refractivity contribution in [1.29, 1.82) is 0 Å². The molecule has 1 aromatic heterocycles. The van der Waals surface area contributed by atoms with Crippen molar-refractivity contribution >= 4 is 17.6 Å². The molecule has 2 aliphatic rings. The molecule has 0 atom stereocenters. The van der Waals surface area contributed by atoms with E-state index in [0.717, 1.165) is 75.2 Å². The van der Waals surface area contributed by atoms with E-state index >= 15 is 0 Å². The first-order chi connectivity index (χ1) is 16.0. The Kier molecular flexibility index (Phi) is 7.54. The van der Waals surface area contributed by atoms with E-state index < -0.39 is 0 Å². The zero-order chi connectivity index (χ0) is 23.2. The Morgan fingerprint density at radius 3 is 2.39 bits per heavy atom. The molecule has 0 aliphatic carbocycles. The zero-order valence-corrected chi connectivity index (χ0v) is 19.6. The number of oxime groups is 1. The topological polar surface area (TPSA) is 96.9 Å². The number of nitrogens with two attached hydrogens (primary N) is 1. The van der Waals surface area contributed by atoms with Crippen LogP contribution in [0.5, 0.6) is 0 Å². The number of aromatic nitrogens is 2. The molecule has 2 aliphatic heterocycles. The molecule has 0 unspecified atom stereocenters. The van der Waals surface area contributed by atoms with Crippen LogP contribution in [0.15, 0.2) is 41.8 Å². The zero-order valence-electron chi connectivity index (χ0n) is 19.6. The molecule has 2 saturated heterocycles. The summed E-state index contributed by atoms with van der Waals surface area (Å²) >= 11 is 0. The molecule has 1 aromatic carbocycles. The van der Waals surface area contributed by atoms with E-state index in [0.29, 0.717) is 17.8 Å². The van der Waals surface area contributed by atoms with Crippen LogP contribution in [0.2, 0.25) is 0 Å². The van der Waals surface area contributed by atoms with Gasteiger partial charge in [0.15, 0.2) is 0 Å². The molecule has 2 N–H and O–H groups in total. The average Bonchev–Trinajstić information content (AvgIpc) is 2.84. The van der Waals surface area contributed by atoms with Crippen molar-refractivity contribution in [2.24, 2.45) is 17.0 Å². The van der Waals surface area contributed by atoms with Crippen LogP contribution in [-0.2, 0) is 16.2 Å². The van der Waals surface area contributed by atoms with Gasteiger partial charge in [0.05, 0.1) is 5.71 Å². The highest BCUT2D eigenvalue weighted by atomic mass is 16.6. The number of nitrogens with zero attached hydrogens (tertiary/aromatic N) is 5. The lowest BCUT2D eigenvalue weighted by Crippen LogP contribution is -2.46. The molecule has 0 bridgehead atoms. The Morgan fingerprint density at radius 2 is 1.76 bits per heavy atom. The number of aryl methyl sites for hydroxylation is 1. The van der Waals surface area contributed by atoms with Crippen molar-refractivity contribution in [2.45, 2.75) is 39.2 Å². The van der Waals surface area contributed by atoms with Gasteiger partial charge in [0.2, 0.25) is 11.9 Å². The normalized spacial score (nSPS) is 19.0. The van der Waals surface area contributed by atoms with Gasteiger partial charge < -0.3 is 15.5 Å². The third-order valence-corrected chi connectivity index (χ3v) is 6.77. The Labute approximate surface area is 195 Å². The van der Waals surface area contributed by atoms with Gasteiger partial charge in [-0.2, -0.15) is 0 Å². The van der Waals surface area contributed by atoms with Gasteiger partial charge in [0, 0.05) is 49.4 Å². The minimum atomic E-state index is 0.115. The van der Waals surface area contributed by atoms with E-state index in [1.54, 1.807) is 19.5 Å². The lowest BCUT2D eigenvalue weighted by molar-refractivity contribution is -0.138. The Bertz CT molecular complexity index is 961. The second kappa shape index (κ2) is 10.7. The maximum atomic E-state index is 13.2. The third kappa shape index (κ3) is 5.87. The minimum absolute atomic E-state index is 0.115. The van der Waals surface area contributed by atoms with Gasteiger partial charge in [-0.15, -0.1) is 0 Å². The molecule has 8 heteroatoms. The van der Waals surface area contributed by atoms with Crippen LogP contribution in [0.1, 0.15) is 42.4 Å². The van der Waals surface area contributed by atoms with E-state index in [4.69, 9.17) is 10.6 Å².